The summed E-state index contributed by atoms with van der Waals surface area (Å²) in [4.78, 5) is 28.2. The Morgan fingerprint density at radius 1 is 0.971 bits per heavy atom. The summed E-state index contributed by atoms with van der Waals surface area (Å²) in [6.45, 7) is 5.03. The average Bonchev–Trinajstić information content (AvgIpc) is 3.31. The van der Waals surface area contributed by atoms with Crippen LogP contribution in [0, 0.1) is 19.8 Å². The van der Waals surface area contributed by atoms with Crippen molar-refractivity contribution in [2.45, 2.75) is 50.5 Å². The number of benzene rings is 2. The summed E-state index contributed by atoms with van der Waals surface area (Å²) < 4.78 is 28.4. The number of anilines is 1. The second-order valence-electron chi connectivity index (χ2n) is 9.13. The van der Waals surface area contributed by atoms with Crippen molar-refractivity contribution in [3.63, 3.8) is 0 Å². The van der Waals surface area contributed by atoms with Crippen LogP contribution in [-0.4, -0.2) is 55.1 Å². The van der Waals surface area contributed by atoms with Crippen molar-refractivity contribution in [2.75, 3.05) is 25.0 Å². The van der Waals surface area contributed by atoms with Gasteiger partial charge in [0.2, 0.25) is 21.8 Å². The molecule has 0 spiro atoms. The maximum absolute atomic E-state index is 13.3. The van der Waals surface area contributed by atoms with Crippen LogP contribution < -0.4 is 5.32 Å². The van der Waals surface area contributed by atoms with Crippen LogP contribution in [0.15, 0.2) is 51.8 Å². The van der Waals surface area contributed by atoms with E-state index in [1.807, 2.05) is 32.0 Å². The molecule has 0 unspecified atom stereocenters. The van der Waals surface area contributed by atoms with Crippen molar-refractivity contribution in [3.8, 4) is 0 Å². The quantitative estimate of drug-likeness (QED) is 0.610. The first-order valence-electron chi connectivity index (χ1n) is 11.6. The average molecular weight is 549 g/mol. The van der Waals surface area contributed by atoms with Crippen LogP contribution in [0.3, 0.4) is 0 Å². The van der Waals surface area contributed by atoms with Crippen molar-refractivity contribution >= 4 is 43.5 Å². The molecule has 34 heavy (non-hydrogen) atoms. The zero-order valence-corrected chi connectivity index (χ0v) is 21.9. The molecule has 2 aliphatic rings. The third kappa shape index (κ3) is 5.21. The molecule has 0 radical (unpaired) electrons. The molecule has 0 bridgehead atoms. The van der Waals surface area contributed by atoms with Gasteiger partial charge in [-0.3, -0.25) is 9.59 Å². The lowest BCUT2D eigenvalue weighted by Crippen LogP contribution is -2.48. The Hall–Kier alpha value is -2.23. The van der Waals surface area contributed by atoms with Crippen molar-refractivity contribution in [1.29, 1.82) is 0 Å². The maximum Gasteiger partial charge on any atom is 0.247 e. The van der Waals surface area contributed by atoms with Crippen molar-refractivity contribution in [3.05, 3.63) is 58.1 Å². The molecule has 2 aliphatic heterocycles. The molecule has 0 saturated carbocycles. The molecule has 182 valence electrons. The summed E-state index contributed by atoms with van der Waals surface area (Å²) in [7, 11) is -3.57. The molecule has 2 amide bonds. The van der Waals surface area contributed by atoms with Gasteiger partial charge in [0.25, 0.3) is 0 Å². The molecular weight excluding hydrogens is 518 g/mol. The van der Waals surface area contributed by atoms with Gasteiger partial charge in [-0.25, -0.2) is 8.42 Å². The van der Waals surface area contributed by atoms with Gasteiger partial charge in [0.1, 0.15) is 6.04 Å². The summed E-state index contributed by atoms with van der Waals surface area (Å²) in [5.41, 5.74) is 2.73. The summed E-state index contributed by atoms with van der Waals surface area (Å²) >= 11 is 3.46. The highest BCUT2D eigenvalue weighted by molar-refractivity contribution is 9.10. The van der Waals surface area contributed by atoms with Crippen LogP contribution in [0.5, 0.6) is 0 Å². The fourth-order valence-electron chi connectivity index (χ4n) is 4.69. The summed E-state index contributed by atoms with van der Waals surface area (Å²) in [5, 5.41) is 2.95. The molecule has 2 heterocycles. The van der Waals surface area contributed by atoms with Gasteiger partial charge in [-0.05, 0) is 75.4 Å². The van der Waals surface area contributed by atoms with Gasteiger partial charge in [0.05, 0.1) is 4.90 Å². The number of aryl methyl sites for hydroxylation is 2. The van der Waals surface area contributed by atoms with Gasteiger partial charge in [-0.15, -0.1) is 0 Å². The van der Waals surface area contributed by atoms with E-state index in [1.54, 1.807) is 29.2 Å². The van der Waals surface area contributed by atoms with E-state index in [0.29, 0.717) is 44.6 Å². The number of rotatable bonds is 5. The minimum Gasteiger partial charge on any atom is -0.330 e. The highest BCUT2D eigenvalue weighted by Crippen LogP contribution is 2.29. The number of piperidine rings is 1. The zero-order valence-electron chi connectivity index (χ0n) is 19.5. The Morgan fingerprint density at radius 2 is 1.65 bits per heavy atom. The van der Waals surface area contributed by atoms with Crippen LogP contribution in [0.2, 0.25) is 0 Å². The van der Waals surface area contributed by atoms with Gasteiger partial charge in [0, 0.05) is 35.7 Å². The lowest BCUT2D eigenvalue weighted by molar-refractivity contribution is -0.141. The fraction of sp³-hybridized carbons (Fsp3) is 0.440. The SMILES string of the molecule is Cc1ccc(S(=O)(=O)N2CCC(C(=O)N3CCC[C@H]3C(=O)Nc3ccc(Br)c(C)c3)CC2)cc1. The predicted octanol–water partition coefficient (Wildman–Crippen LogP) is 4.10. The monoisotopic (exact) mass is 547 g/mol. The number of carbonyl (C=O) groups excluding carboxylic acids is 2. The van der Waals surface area contributed by atoms with E-state index >= 15 is 0 Å². The number of likely N-dealkylation sites (tertiary alicyclic amines) is 1. The number of hydrogen-bond donors (Lipinski definition) is 1. The first-order valence-corrected chi connectivity index (χ1v) is 13.8. The van der Waals surface area contributed by atoms with Gasteiger partial charge in [0.15, 0.2) is 0 Å². The van der Waals surface area contributed by atoms with Crippen LogP contribution in [0.4, 0.5) is 5.69 Å². The van der Waals surface area contributed by atoms with Gasteiger partial charge >= 0.3 is 0 Å². The molecule has 4 rings (SSSR count). The summed E-state index contributed by atoms with van der Waals surface area (Å²) in [6.07, 6.45) is 2.33. The van der Waals surface area contributed by atoms with Crippen LogP contribution in [0.1, 0.15) is 36.8 Å². The molecule has 2 aromatic carbocycles. The molecule has 2 saturated heterocycles. The van der Waals surface area contributed by atoms with E-state index in [4.69, 9.17) is 0 Å². The topological polar surface area (TPSA) is 86.8 Å². The maximum atomic E-state index is 13.3. The highest BCUT2D eigenvalue weighted by atomic mass is 79.9. The molecule has 0 aliphatic carbocycles. The Bertz CT molecular complexity index is 1180. The van der Waals surface area contributed by atoms with Crippen molar-refractivity contribution in [2.24, 2.45) is 5.92 Å². The zero-order chi connectivity index (χ0) is 24.5. The Balaban J connectivity index is 1.37. The fourth-order valence-corrected chi connectivity index (χ4v) is 6.40. The Morgan fingerprint density at radius 3 is 2.29 bits per heavy atom. The Labute approximate surface area is 209 Å². The van der Waals surface area contributed by atoms with Crippen LogP contribution >= 0.6 is 15.9 Å². The normalized spacial score (nSPS) is 19.9. The molecule has 1 N–H and O–H groups in total. The smallest absolute Gasteiger partial charge is 0.247 e. The van der Waals surface area contributed by atoms with Crippen LogP contribution in [-0.2, 0) is 19.6 Å². The van der Waals surface area contributed by atoms with Gasteiger partial charge < -0.3 is 10.2 Å². The third-order valence-electron chi connectivity index (χ3n) is 6.73. The van der Waals surface area contributed by atoms with Crippen molar-refractivity contribution in [1.82, 2.24) is 9.21 Å². The second kappa shape index (κ2) is 10.2. The molecular formula is C25H30BrN3O4S. The van der Waals surface area contributed by atoms with Crippen molar-refractivity contribution < 1.29 is 18.0 Å². The molecule has 2 fully saturated rings. The number of sulfonamides is 1. The van der Waals surface area contributed by atoms with E-state index < -0.39 is 16.1 Å². The second-order valence-corrected chi connectivity index (χ2v) is 11.9. The summed E-state index contributed by atoms with van der Waals surface area (Å²) in [5.74, 6) is -0.489. The molecule has 2 aromatic rings. The van der Waals surface area contributed by atoms with E-state index in [9.17, 15) is 18.0 Å². The minimum absolute atomic E-state index is 0.0444. The lowest BCUT2D eigenvalue weighted by Gasteiger charge is -2.34. The van der Waals surface area contributed by atoms with E-state index in [2.05, 4.69) is 21.2 Å². The van der Waals surface area contributed by atoms with E-state index in [0.717, 1.165) is 22.0 Å². The lowest BCUT2D eigenvalue weighted by atomic mass is 9.96. The number of halogens is 1. The summed E-state index contributed by atoms with van der Waals surface area (Å²) in [6, 6.07) is 12.0. The number of nitrogens with one attached hydrogen (secondary N) is 1. The molecule has 0 aromatic heterocycles. The third-order valence-corrected chi connectivity index (χ3v) is 9.53. The number of amides is 2. The molecule has 9 heteroatoms. The van der Waals surface area contributed by atoms with E-state index in [1.165, 1.54) is 4.31 Å². The molecule has 7 nitrogen and oxygen atoms in total. The minimum atomic E-state index is -3.57. The van der Waals surface area contributed by atoms with Crippen LogP contribution in [0.25, 0.3) is 0 Å². The number of hydrogen-bond acceptors (Lipinski definition) is 4. The largest absolute Gasteiger partial charge is 0.330 e. The first-order chi connectivity index (χ1) is 16.2. The van der Waals surface area contributed by atoms with Gasteiger partial charge in [-0.2, -0.15) is 4.31 Å². The first kappa shape index (κ1) is 24.9. The standard InChI is InChI=1S/C25H30BrN3O4S/c1-17-5-8-21(9-6-17)34(32,33)28-14-11-19(12-15-28)25(31)29-13-3-4-23(29)24(30)27-20-7-10-22(26)18(2)16-20/h5-10,16,19,23H,3-4,11-15H2,1-2H3,(H,27,30)/t23-/m0/s1. The Kier molecular flexibility index (Phi) is 7.45. The molecule has 1 atom stereocenters. The number of carbonyl (C=O) groups is 2. The van der Waals surface area contributed by atoms with E-state index in [-0.39, 0.29) is 22.6 Å². The predicted molar refractivity (Wildman–Crippen MR) is 135 cm³/mol. The highest BCUT2D eigenvalue weighted by Gasteiger charge is 2.39. The number of nitrogens with zero attached hydrogens (tertiary/aromatic N) is 2. The van der Waals surface area contributed by atoms with Gasteiger partial charge in [-0.1, -0.05) is 33.6 Å².